The Kier molecular flexibility index (Phi) is 6.91. The molecule has 0 aliphatic rings. The summed E-state index contributed by atoms with van der Waals surface area (Å²) in [6.07, 6.45) is 3.69. The molecule has 0 rings (SSSR count). The highest BCUT2D eigenvalue weighted by Gasteiger charge is 1.96. The number of thiocarbonyl (C=S) groups is 1. The quantitative estimate of drug-likeness (QED) is 0.344. The SMILES string of the molecule is C=CCN(CC=C)SC=S. The molecule has 0 radical (unpaired) electrons. The van der Waals surface area contributed by atoms with Gasteiger partial charge < -0.3 is 0 Å². The molecule has 0 spiro atoms. The van der Waals surface area contributed by atoms with Gasteiger partial charge >= 0.3 is 0 Å². The molecule has 0 aromatic heterocycles. The third-order valence-electron chi connectivity index (χ3n) is 0.858. The van der Waals surface area contributed by atoms with Crippen molar-refractivity contribution in [1.82, 2.24) is 4.31 Å². The predicted octanol–water partition coefficient (Wildman–Crippen LogP) is 2.27. The van der Waals surface area contributed by atoms with Crippen molar-refractivity contribution >= 4 is 28.9 Å². The summed E-state index contributed by atoms with van der Waals surface area (Å²) in [6.45, 7) is 8.93. The van der Waals surface area contributed by atoms with Crippen molar-refractivity contribution in [2.45, 2.75) is 0 Å². The van der Waals surface area contributed by atoms with Crippen molar-refractivity contribution in [2.24, 2.45) is 0 Å². The molecule has 56 valence electrons. The van der Waals surface area contributed by atoms with E-state index >= 15 is 0 Å². The van der Waals surface area contributed by atoms with Gasteiger partial charge in [-0.25, -0.2) is 4.31 Å². The number of nitrogens with zero attached hydrogens (tertiary/aromatic N) is 1. The second kappa shape index (κ2) is 6.99. The van der Waals surface area contributed by atoms with E-state index in [4.69, 9.17) is 0 Å². The molecule has 0 atom stereocenters. The monoisotopic (exact) mass is 173 g/mol. The number of hydrogen-bond donors (Lipinski definition) is 0. The summed E-state index contributed by atoms with van der Waals surface area (Å²) < 4.78 is 3.69. The van der Waals surface area contributed by atoms with E-state index < -0.39 is 0 Å². The van der Waals surface area contributed by atoms with Crippen LogP contribution < -0.4 is 0 Å². The Morgan fingerprint density at radius 2 is 1.80 bits per heavy atom. The third-order valence-corrected chi connectivity index (χ3v) is 1.80. The Bertz CT molecular complexity index is 99.0. The maximum absolute atomic E-state index is 4.68. The average molecular weight is 173 g/mol. The summed E-state index contributed by atoms with van der Waals surface area (Å²) >= 11 is 6.19. The fraction of sp³-hybridized carbons (Fsp3) is 0.286. The minimum atomic E-state index is 0.837. The maximum Gasteiger partial charge on any atom is 0.0499 e. The molecule has 0 N–H and O–H groups in total. The van der Waals surface area contributed by atoms with Crippen molar-refractivity contribution in [3.63, 3.8) is 0 Å². The van der Waals surface area contributed by atoms with Gasteiger partial charge in [-0.1, -0.05) is 24.4 Å². The molecule has 0 fully saturated rings. The van der Waals surface area contributed by atoms with Gasteiger partial charge in [0.1, 0.15) is 0 Å². The minimum Gasteiger partial charge on any atom is -0.239 e. The molecule has 3 heteroatoms. The maximum atomic E-state index is 4.68. The van der Waals surface area contributed by atoms with E-state index in [0.29, 0.717) is 0 Å². The van der Waals surface area contributed by atoms with Crippen LogP contribution in [0.25, 0.3) is 0 Å². The highest BCUT2D eigenvalue weighted by atomic mass is 32.2. The predicted molar refractivity (Wildman–Crippen MR) is 53.2 cm³/mol. The van der Waals surface area contributed by atoms with Crippen LogP contribution in [0.2, 0.25) is 0 Å². The number of rotatable bonds is 6. The van der Waals surface area contributed by atoms with Crippen LogP contribution in [0.15, 0.2) is 25.3 Å². The molecule has 0 amide bonds. The van der Waals surface area contributed by atoms with Gasteiger partial charge in [-0.3, -0.25) is 0 Å². The molecule has 0 heterocycles. The molecule has 1 nitrogen and oxygen atoms in total. The van der Waals surface area contributed by atoms with Gasteiger partial charge in [0.2, 0.25) is 0 Å². The zero-order valence-corrected chi connectivity index (χ0v) is 7.46. The van der Waals surface area contributed by atoms with Gasteiger partial charge in [-0.15, -0.1) is 13.2 Å². The smallest absolute Gasteiger partial charge is 0.0499 e. The van der Waals surface area contributed by atoms with E-state index in [0.717, 1.165) is 13.1 Å². The standard InChI is InChI=1S/C7H11NS2/c1-3-5-8(6-4-2)10-7-9/h3-4,7H,1-2,5-6H2. The zero-order valence-electron chi connectivity index (χ0n) is 5.82. The van der Waals surface area contributed by atoms with Crippen LogP contribution >= 0.6 is 24.2 Å². The van der Waals surface area contributed by atoms with Crippen molar-refractivity contribution in [1.29, 1.82) is 0 Å². The first-order valence-electron chi connectivity index (χ1n) is 2.92. The van der Waals surface area contributed by atoms with Gasteiger partial charge in [-0.05, 0) is 11.9 Å². The summed E-state index contributed by atoms with van der Waals surface area (Å²) in [4.78, 5) is 0. The van der Waals surface area contributed by atoms with Gasteiger partial charge in [0.25, 0.3) is 0 Å². The molecule has 0 aliphatic carbocycles. The second-order valence-electron chi connectivity index (χ2n) is 1.63. The molecule has 0 unspecified atom stereocenters. The summed E-state index contributed by atoms with van der Waals surface area (Å²) in [6, 6.07) is 0. The lowest BCUT2D eigenvalue weighted by Gasteiger charge is -2.13. The van der Waals surface area contributed by atoms with Gasteiger partial charge in [0.15, 0.2) is 0 Å². The third kappa shape index (κ3) is 4.73. The van der Waals surface area contributed by atoms with E-state index in [1.54, 1.807) is 4.70 Å². The molecule has 0 saturated carbocycles. The molecule has 0 aromatic carbocycles. The van der Waals surface area contributed by atoms with Crippen LogP contribution in [0.3, 0.4) is 0 Å². The summed E-state index contributed by atoms with van der Waals surface area (Å²) in [7, 11) is 0. The number of hydrogen-bond acceptors (Lipinski definition) is 3. The molecular formula is C7H11NS2. The zero-order chi connectivity index (χ0) is 7.82. The van der Waals surface area contributed by atoms with Crippen molar-refractivity contribution in [3.05, 3.63) is 25.3 Å². The van der Waals surface area contributed by atoms with E-state index in [1.807, 2.05) is 12.2 Å². The molecule has 0 aliphatic heterocycles. The van der Waals surface area contributed by atoms with Crippen LogP contribution in [0.4, 0.5) is 0 Å². The highest BCUT2D eigenvalue weighted by molar-refractivity contribution is 8.19. The normalized spacial score (nSPS) is 9.30. The Morgan fingerprint density at radius 3 is 2.10 bits per heavy atom. The summed E-state index contributed by atoms with van der Waals surface area (Å²) in [5.74, 6) is 0. The molecular weight excluding hydrogens is 162 g/mol. The van der Waals surface area contributed by atoms with Crippen molar-refractivity contribution in [2.75, 3.05) is 13.1 Å². The molecule has 0 saturated heterocycles. The first-order valence-corrected chi connectivity index (χ1v) is 4.23. The molecule has 10 heavy (non-hydrogen) atoms. The highest BCUT2D eigenvalue weighted by Crippen LogP contribution is 2.05. The van der Waals surface area contributed by atoms with E-state index in [1.165, 1.54) is 11.9 Å². The van der Waals surface area contributed by atoms with Gasteiger partial charge in [-0.2, -0.15) is 0 Å². The van der Waals surface area contributed by atoms with Gasteiger partial charge in [0.05, 0.1) is 0 Å². The van der Waals surface area contributed by atoms with Gasteiger partial charge in [0, 0.05) is 17.8 Å². The lowest BCUT2D eigenvalue weighted by molar-refractivity contribution is 0.585. The largest absolute Gasteiger partial charge is 0.239 e. The summed E-state index contributed by atoms with van der Waals surface area (Å²) in [5, 5.41) is 0. The first-order chi connectivity index (χ1) is 4.85. The topological polar surface area (TPSA) is 3.24 Å². The molecule has 0 bridgehead atoms. The summed E-state index contributed by atoms with van der Waals surface area (Å²) in [5.41, 5.74) is 0. The lowest BCUT2D eigenvalue weighted by Crippen LogP contribution is -2.14. The minimum absolute atomic E-state index is 0.837. The molecule has 0 aromatic rings. The average Bonchev–Trinajstić information content (AvgIpc) is 1.90. The van der Waals surface area contributed by atoms with E-state index in [9.17, 15) is 0 Å². The fourth-order valence-corrected chi connectivity index (χ4v) is 1.38. The van der Waals surface area contributed by atoms with Crippen LogP contribution in [0.1, 0.15) is 0 Å². The second-order valence-corrected chi connectivity index (χ2v) is 3.12. The fourth-order valence-electron chi connectivity index (χ4n) is 0.509. The first kappa shape index (κ1) is 9.88. The van der Waals surface area contributed by atoms with Crippen LogP contribution in [0.5, 0.6) is 0 Å². The van der Waals surface area contributed by atoms with E-state index in [-0.39, 0.29) is 0 Å². The van der Waals surface area contributed by atoms with Crippen LogP contribution in [-0.4, -0.2) is 22.1 Å². The Morgan fingerprint density at radius 1 is 1.30 bits per heavy atom. The van der Waals surface area contributed by atoms with Crippen molar-refractivity contribution in [3.8, 4) is 0 Å². The Labute approximate surface area is 71.9 Å². The van der Waals surface area contributed by atoms with Crippen molar-refractivity contribution < 1.29 is 0 Å². The lowest BCUT2D eigenvalue weighted by atomic mass is 10.5. The Hall–Kier alpha value is -0.120. The van der Waals surface area contributed by atoms with Crippen LogP contribution in [0, 0.1) is 0 Å². The Balaban J connectivity index is 3.58. The van der Waals surface area contributed by atoms with Crippen LogP contribution in [-0.2, 0) is 0 Å². The van der Waals surface area contributed by atoms with E-state index in [2.05, 4.69) is 29.7 Å².